The summed E-state index contributed by atoms with van der Waals surface area (Å²) in [6, 6.07) is 4.90. The van der Waals surface area contributed by atoms with E-state index in [1.165, 1.54) is 12.3 Å². The van der Waals surface area contributed by atoms with Crippen molar-refractivity contribution in [2.45, 2.75) is 4.90 Å². The Balaban J connectivity index is 2.94. The first-order valence-corrected chi connectivity index (χ1v) is 3.95. The molecule has 1 aromatic heterocycles. The molecule has 0 amide bonds. The molecular weight excluding hydrogens is 173 g/mol. The van der Waals surface area contributed by atoms with Gasteiger partial charge in [0.2, 0.25) is 0 Å². The van der Waals surface area contributed by atoms with Crippen molar-refractivity contribution in [2.24, 2.45) is 0 Å². The van der Waals surface area contributed by atoms with Gasteiger partial charge in [0.05, 0.1) is 0 Å². The molecule has 0 radical (unpaired) electrons. The number of rotatable bonds is 0. The van der Waals surface area contributed by atoms with Gasteiger partial charge in [-0.3, -0.25) is 4.98 Å². The fraction of sp³-hybridized carbons (Fsp3) is 0. The summed E-state index contributed by atoms with van der Waals surface area (Å²) in [5.74, 6) is -0.254. The summed E-state index contributed by atoms with van der Waals surface area (Å²) < 4.78 is 13.1. The predicted molar refractivity (Wildman–Crippen MR) is 49.0 cm³/mol. The second-order valence-corrected chi connectivity index (χ2v) is 2.98. The number of benzene rings is 1. The number of pyridine rings is 1. The van der Waals surface area contributed by atoms with Crippen molar-refractivity contribution in [3.05, 3.63) is 36.4 Å². The highest BCUT2D eigenvalue weighted by atomic mass is 32.1. The third-order valence-corrected chi connectivity index (χ3v) is 2.09. The third kappa shape index (κ3) is 1.06. The lowest BCUT2D eigenvalue weighted by Crippen LogP contribution is -1.81. The standard InChI is InChI=1S/C9H6FNS/c10-8-3-1-2-6-7(8)4-11-5-9(6)12/h1-5,12H. The molecule has 0 aliphatic rings. The number of hydrogen-bond donors (Lipinski definition) is 1. The van der Waals surface area contributed by atoms with Crippen LogP contribution in [-0.2, 0) is 0 Å². The van der Waals surface area contributed by atoms with Crippen LogP contribution in [0, 0.1) is 5.82 Å². The lowest BCUT2D eigenvalue weighted by Gasteiger charge is -1.99. The SMILES string of the molecule is Fc1cccc2c(S)cncc12. The van der Waals surface area contributed by atoms with Crippen LogP contribution in [0.15, 0.2) is 35.5 Å². The van der Waals surface area contributed by atoms with Gasteiger partial charge in [-0.1, -0.05) is 12.1 Å². The van der Waals surface area contributed by atoms with Crippen LogP contribution in [0.5, 0.6) is 0 Å². The Labute approximate surface area is 74.7 Å². The fourth-order valence-corrected chi connectivity index (χ4v) is 1.41. The van der Waals surface area contributed by atoms with Crippen molar-refractivity contribution in [1.29, 1.82) is 0 Å². The molecule has 0 bridgehead atoms. The summed E-state index contributed by atoms with van der Waals surface area (Å²) in [5.41, 5.74) is 0. The van der Waals surface area contributed by atoms with Crippen LogP contribution < -0.4 is 0 Å². The number of halogens is 1. The maximum Gasteiger partial charge on any atom is 0.132 e. The molecule has 0 saturated carbocycles. The maximum absolute atomic E-state index is 13.1. The molecule has 0 fully saturated rings. The zero-order valence-corrected chi connectivity index (χ0v) is 7.05. The van der Waals surface area contributed by atoms with Crippen LogP contribution in [-0.4, -0.2) is 4.98 Å². The van der Waals surface area contributed by atoms with Gasteiger partial charge in [0, 0.05) is 28.1 Å². The molecule has 0 unspecified atom stereocenters. The zero-order valence-electron chi connectivity index (χ0n) is 6.16. The van der Waals surface area contributed by atoms with E-state index in [2.05, 4.69) is 17.6 Å². The molecule has 2 rings (SSSR count). The van der Waals surface area contributed by atoms with Gasteiger partial charge in [-0.05, 0) is 6.07 Å². The molecule has 0 atom stereocenters. The highest BCUT2D eigenvalue weighted by molar-refractivity contribution is 7.80. The molecule has 0 N–H and O–H groups in total. The van der Waals surface area contributed by atoms with Crippen LogP contribution in [0.3, 0.4) is 0 Å². The quantitative estimate of drug-likeness (QED) is 0.613. The van der Waals surface area contributed by atoms with Gasteiger partial charge in [-0.2, -0.15) is 0 Å². The predicted octanol–water partition coefficient (Wildman–Crippen LogP) is 2.66. The van der Waals surface area contributed by atoms with E-state index in [9.17, 15) is 4.39 Å². The molecule has 1 aromatic carbocycles. The number of fused-ring (bicyclic) bond motifs is 1. The largest absolute Gasteiger partial charge is 0.263 e. The maximum atomic E-state index is 13.1. The molecular formula is C9H6FNS. The molecule has 1 nitrogen and oxygen atoms in total. The van der Waals surface area contributed by atoms with Gasteiger partial charge >= 0.3 is 0 Å². The molecule has 3 heteroatoms. The topological polar surface area (TPSA) is 12.9 Å². The molecule has 12 heavy (non-hydrogen) atoms. The minimum absolute atomic E-state index is 0.254. The Bertz CT molecular complexity index is 387. The summed E-state index contributed by atoms with van der Waals surface area (Å²) in [4.78, 5) is 4.56. The smallest absolute Gasteiger partial charge is 0.132 e. The van der Waals surface area contributed by atoms with E-state index in [-0.39, 0.29) is 5.82 Å². The van der Waals surface area contributed by atoms with Crippen molar-refractivity contribution >= 4 is 23.4 Å². The first-order chi connectivity index (χ1) is 5.79. The number of hydrogen-bond acceptors (Lipinski definition) is 2. The first kappa shape index (κ1) is 7.55. The van der Waals surface area contributed by atoms with Gasteiger partial charge in [0.1, 0.15) is 5.82 Å². The number of aromatic nitrogens is 1. The van der Waals surface area contributed by atoms with E-state index in [0.717, 1.165) is 5.39 Å². The molecule has 0 spiro atoms. The van der Waals surface area contributed by atoms with Gasteiger partial charge in [-0.25, -0.2) is 4.39 Å². The van der Waals surface area contributed by atoms with Crippen LogP contribution >= 0.6 is 12.6 Å². The van der Waals surface area contributed by atoms with E-state index in [1.54, 1.807) is 12.3 Å². The van der Waals surface area contributed by atoms with Crippen molar-refractivity contribution in [3.8, 4) is 0 Å². The van der Waals surface area contributed by atoms with Gasteiger partial charge in [0.15, 0.2) is 0 Å². The van der Waals surface area contributed by atoms with Crippen LogP contribution in [0.1, 0.15) is 0 Å². The number of nitrogens with zero attached hydrogens (tertiary/aromatic N) is 1. The third-order valence-electron chi connectivity index (χ3n) is 1.73. The second kappa shape index (κ2) is 2.75. The van der Waals surface area contributed by atoms with Gasteiger partial charge in [-0.15, -0.1) is 12.6 Å². The molecule has 1 heterocycles. The van der Waals surface area contributed by atoms with E-state index < -0.39 is 0 Å². The Morgan fingerprint density at radius 3 is 2.75 bits per heavy atom. The lowest BCUT2D eigenvalue weighted by atomic mass is 10.2. The highest BCUT2D eigenvalue weighted by Gasteiger charge is 2.01. The molecule has 0 aliphatic carbocycles. The molecule has 2 aromatic rings. The van der Waals surface area contributed by atoms with Crippen molar-refractivity contribution in [3.63, 3.8) is 0 Å². The van der Waals surface area contributed by atoms with E-state index in [4.69, 9.17) is 0 Å². The molecule has 0 saturated heterocycles. The second-order valence-electron chi connectivity index (χ2n) is 2.49. The lowest BCUT2D eigenvalue weighted by molar-refractivity contribution is 0.639. The average Bonchev–Trinajstić information content (AvgIpc) is 2.07. The average molecular weight is 179 g/mol. The summed E-state index contributed by atoms with van der Waals surface area (Å²) in [7, 11) is 0. The Kier molecular flexibility index (Phi) is 1.73. The van der Waals surface area contributed by atoms with E-state index >= 15 is 0 Å². The van der Waals surface area contributed by atoms with Crippen LogP contribution in [0.4, 0.5) is 4.39 Å². The fourth-order valence-electron chi connectivity index (χ4n) is 1.14. The minimum Gasteiger partial charge on any atom is -0.263 e. The Morgan fingerprint density at radius 1 is 1.17 bits per heavy atom. The van der Waals surface area contributed by atoms with Gasteiger partial charge < -0.3 is 0 Å². The normalized spacial score (nSPS) is 10.5. The zero-order chi connectivity index (χ0) is 8.55. The molecule has 0 aliphatic heterocycles. The Morgan fingerprint density at radius 2 is 2.00 bits per heavy atom. The van der Waals surface area contributed by atoms with Crippen molar-refractivity contribution in [1.82, 2.24) is 4.98 Å². The van der Waals surface area contributed by atoms with Crippen molar-refractivity contribution in [2.75, 3.05) is 0 Å². The summed E-state index contributed by atoms with van der Waals surface area (Å²) >= 11 is 4.17. The number of thiol groups is 1. The van der Waals surface area contributed by atoms with Crippen LogP contribution in [0.2, 0.25) is 0 Å². The minimum atomic E-state index is -0.254. The first-order valence-electron chi connectivity index (χ1n) is 3.50. The summed E-state index contributed by atoms with van der Waals surface area (Å²) in [6.45, 7) is 0. The van der Waals surface area contributed by atoms with Crippen LogP contribution in [0.25, 0.3) is 10.8 Å². The van der Waals surface area contributed by atoms with E-state index in [0.29, 0.717) is 10.3 Å². The summed E-state index contributed by atoms with van der Waals surface area (Å²) in [6.07, 6.45) is 3.11. The Hall–Kier alpha value is -1.09. The monoisotopic (exact) mass is 179 g/mol. The highest BCUT2D eigenvalue weighted by Crippen LogP contribution is 2.21. The van der Waals surface area contributed by atoms with Crippen molar-refractivity contribution < 1.29 is 4.39 Å². The van der Waals surface area contributed by atoms with Gasteiger partial charge in [0.25, 0.3) is 0 Å². The summed E-state index contributed by atoms with van der Waals surface area (Å²) in [5, 5.41) is 1.32. The van der Waals surface area contributed by atoms with E-state index in [1.807, 2.05) is 6.07 Å². The molecule has 60 valence electrons.